The van der Waals surface area contributed by atoms with Gasteiger partial charge in [0, 0.05) is 12.3 Å². The molecule has 0 fully saturated rings. The Morgan fingerprint density at radius 3 is 1.80 bits per heavy atom. The smallest absolute Gasteiger partial charge is 0.123 e. The summed E-state index contributed by atoms with van der Waals surface area (Å²) in [7, 11) is 0. The van der Waals surface area contributed by atoms with Crippen LogP contribution in [0.25, 0.3) is 0 Å². The van der Waals surface area contributed by atoms with Crippen LogP contribution in [0.4, 0.5) is 5.69 Å². The van der Waals surface area contributed by atoms with Crippen molar-refractivity contribution in [3.05, 3.63) is 149 Å². The molecule has 0 N–H and O–H groups in total. The fraction of sp³-hybridized carbons (Fsp3) is 0.143. The van der Waals surface area contributed by atoms with E-state index in [1.165, 1.54) is 0 Å². The molecule has 0 aliphatic rings. The van der Waals surface area contributed by atoms with Crippen LogP contribution in [0.2, 0.25) is 0 Å². The van der Waals surface area contributed by atoms with E-state index in [9.17, 15) is 0 Å². The van der Waals surface area contributed by atoms with Crippen molar-refractivity contribution in [2.45, 2.75) is 33.7 Å². The van der Waals surface area contributed by atoms with Crippen LogP contribution in [0, 0.1) is 13.8 Å². The molecule has 0 aliphatic heterocycles. The molecule has 0 radical (unpaired) electrons. The number of ether oxygens (including phenoxy) is 3. The largest absolute Gasteiger partial charge is 0.489 e. The molecule has 0 amide bonds. The number of aliphatic imine (C=N–C) groups is 1. The van der Waals surface area contributed by atoms with Gasteiger partial charge in [-0.3, -0.25) is 9.98 Å². The van der Waals surface area contributed by atoms with Gasteiger partial charge in [-0.05, 0) is 78.1 Å². The van der Waals surface area contributed by atoms with Crippen LogP contribution in [0.15, 0.2) is 120 Å². The molecular weight excluding hydrogens is 496 g/mol. The molecule has 40 heavy (non-hydrogen) atoms. The second-order valence-electron chi connectivity index (χ2n) is 9.57. The minimum Gasteiger partial charge on any atom is -0.489 e. The quantitative estimate of drug-likeness (QED) is 0.162. The molecule has 0 saturated carbocycles. The molecule has 5 aromatic rings. The number of nitrogens with zero attached hydrogens (tertiary/aromatic N) is 2. The SMILES string of the molecule is Cc1cc(OCc2cc(OCc3ccccc3)cc(OCc3ccccc3)c2)c(C)cc1N=Cc1ccccn1. The number of pyridine rings is 1. The summed E-state index contributed by atoms with van der Waals surface area (Å²) in [4.78, 5) is 8.94. The Balaban J connectivity index is 1.31. The first-order valence-corrected chi connectivity index (χ1v) is 13.3. The minimum atomic E-state index is 0.376. The summed E-state index contributed by atoms with van der Waals surface area (Å²) in [6.45, 7) is 5.39. The zero-order chi connectivity index (χ0) is 27.6. The van der Waals surface area contributed by atoms with E-state index in [4.69, 9.17) is 14.2 Å². The lowest BCUT2D eigenvalue weighted by Gasteiger charge is -2.15. The number of hydrogen-bond donors (Lipinski definition) is 0. The second-order valence-corrected chi connectivity index (χ2v) is 9.57. The maximum Gasteiger partial charge on any atom is 0.123 e. The lowest BCUT2D eigenvalue weighted by molar-refractivity contribution is 0.281. The molecule has 5 nitrogen and oxygen atoms in total. The lowest BCUT2D eigenvalue weighted by atomic mass is 10.1. The molecule has 1 aromatic heterocycles. The number of aryl methyl sites for hydroxylation is 2. The van der Waals surface area contributed by atoms with Crippen molar-refractivity contribution >= 4 is 11.9 Å². The highest BCUT2D eigenvalue weighted by Crippen LogP contribution is 2.30. The fourth-order valence-electron chi connectivity index (χ4n) is 4.18. The number of rotatable bonds is 11. The van der Waals surface area contributed by atoms with Crippen LogP contribution in [0.1, 0.15) is 33.5 Å². The van der Waals surface area contributed by atoms with Gasteiger partial charge in [0.15, 0.2) is 0 Å². The van der Waals surface area contributed by atoms with Crippen molar-refractivity contribution in [3.8, 4) is 17.2 Å². The van der Waals surface area contributed by atoms with Gasteiger partial charge in [0.1, 0.15) is 37.1 Å². The van der Waals surface area contributed by atoms with Gasteiger partial charge in [-0.1, -0.05) is 66.7 Å². The molecule has 0 atom stereocenters. The molecule has 0 unspecified atom stereocenters. The summed E-state index contributed by atoms with van der Waals surface area (Å²) in [6, 6.07) is 36.0. The highest BCUT2D eigenvalue weighted by molar-refractivity contribution is 5.80. The number of aromatic nitrogens is 1. The van der Waals surface area contributed by atoms with Gasteiger partial charge in [0.25, 0.3) is 0 Å². The Kier molecular flexibility index (Phi) is 8.84. The highest BCUT2D eigenvalue weighted by Gasteiger charge is 2.09. The molecule has 0 bridgehead atoms. The van der Waals surface area contributed by atoms with Gasteiger partial charge in [0.2, 0.25) is 0 Å². The maximum absolute atomic E-state index is 6.28. The molecule has 5 rings (SSSR count). The van der Waals surface area contributed by atoms with Gasteiger partial charge in [-0.15, -0.1) is 0 Å². The Morgan fingerprint density at radius 2 is 1.20 bits per heavy atom. The van der Waals surface area contributed by atoms with E-state index in [1.54, 1.807) is 12.4 Å². The number of hydrogen-bond acceptors (Lipinski definition) is 5. The topological polar surface area (TPSA) is 52.9 Å². The van der Waals surface area contributed by atoms with Crippen molar-refractivity contribution in [2.75, 3.05) is 0 Å². The molecule has 1 heterocycles. The van der Waals surface area contributed by atoms with E-state index < -0.39 is 0 Å². The minimum absolute atomic E-state index is 0.376. The maximum atomic E-state index is 6.28. The predicted molar refractivity (Wildman–Crippen MR) is 160 cm³/mol. The van der Waals surface area contributed by atoms with E-state index in [0.717, 1.165) is 56.4 Å². The van der Waals surface area contributed by atoms with Crippen LogP contribution in [0.3, 0.4) is 0 Å². The van der Waals surface area contributed by atoms with Gasteiger partial charge < -0.3 is 14.2 Å². The average molecular weight is 529 g/mol. The third-order valence-corrected chi connectivity index (χ3v) is 6.35. The van der Waals surface area contributed by atoms with Crippen molar-refractivity contribution < 1.29 is 14.2 Å². The summed E-state index contributed by atoms with van der Waals surface area (Å²) in [5, 5.41) is 0. The molecule has 0 spiro atoms. The van der Waals surface area contributed by atoms with Gasteiger partial charge in [-0.2, -0.15) is 0 Å². The van der Waals surface area contributed by atoms with Crippen molar-refractivity contribution in [1.29, 1.82) is 0 Å². The second kappa shape index (κ2) is 13.3. The Labute approximate surface area is 235 Å². The van der Waals surface area contributed by atoms with E-state index in [2.05, 4.69) is 34.2 Å². The molecule has 4 aromatic carbocycles. The van der Waals surface area contributed by atoms with Gasteiger partial charge in [0.05, 0.1) is 17.6 Å². The van der Waals surface area contributed by atoms with Crippen LogP contribution in [-0.4, -0.2) is 11.2 Å². The van der Waals surface area contributed by atoms with E-state index in [1.807, 2.05) is 98.8 Å². The van der Waals surface area contributed by atoms with E-state index >= 15 is 0 Å². The first-order chi connectivity index (χ1) is 19.6. The monoisotopic (exact) mass is 528 g/mol. The normalized spacial score (nSPS) is 10.9. The Hall–Kier alpha value is -4.90. The summed E-state index contributed by atoms with van der Waals surface area (Å²) in [6.07, 6.45) is 3.54. The zero-order valence-corrected chi connectivity index (χ0v) is 22.8. The van der Waals surface area contributed by atoms with Crippen LogP contribution >= 0.6 is 0 Å². The zero-order valence-electron chi connectivity index (χ0n) is 22.8. The fourth-order valence-corrected chi connectivity index (χ4v) is 4.18. The van der Waals surface area contributed by atoms with E-state index in [0.29, 0.717) is 19.8 Å². The van der Waals surface area contributed by atoms with E-state index in [-0.39, 0.29) is 0 Å². The molecule has 5 heteroatoms. The first kappa shape index (κ1) is 26.7. The summed E-state index contributed by atoms with van der Waals surface area (Å²) in [5.74, 6) is 2.29. The van der Waals surface area contributed by atoms with Crippen LogP contribution in [0.5, 0.6) is 17.2 Å². The predicted octanol–water partition coefficient (Wildman–Crippen LogP) is 8.19. The summed E-state index contributed by atoms with van der Waals surface area (Å²) in [5.41, 5.74) is 6.92. The van der Waals surface area contributed by atoms with Crippen molar-refractivity contribution in [1.82, 2.24) is 4.98 Å². The molecular formula is C35H32N2O3. The molecule has 0 aliphatic carbocycles. The average Bonchev–Trinajstić information content (AvgIpc) is 3.00. The lowest BCUT2D eigenvalue weighted by Crippen LogP contribution is -2.02. The Bertz CT molecular complexity index is 1490. The van der Waals surface area contributed by atoms with Gasteiger partial charge in [-0.25, -0.2) is 0 Å². The first-order valence-electron chi connectivity index (χ1n) is 13.3. The van der Waals surface area contributed by atoms with Crippen molar-refractivity contribution in [3.63, 3.8) is 0 Å². The molecule has 0 saturated heterocycles. The standard InChI is InChI=1S/C35H32N2O3/c1-26-18-35(27(2)17-34(26)37-22-31-15-9-10-16-36-31)40-25-30-19-32(38-23-28-11-5-3-6-12-28)21-33(20-30)39-24-29-13-7-4-8-14-29/h3-22H,23-25H2,1-2H3. The summed E-state index contributed by atoms with van der Waals surface area (Å²) >= 11 is 0. The van der Waals surface area contributed by atoms with Crippen LogP contribution in [-0.2, 0) is 19.8 Å². The Morgan fingerprint density at radius 1 is 0.600 bits per heavy atom. The number of benzene rings is 4. The summed E-state index contributed by atoms with van der Waals surface area (Å²) < 4.78 is 18.6. The van der Waals surface area contributed by atoms with Gasteiger partial charge >= 0.3 is 0 Å². The van der Waals surface area contributed by atoms with Crippen molar-refractivity contribution in [2.24, 2.45) is 4.99 Å². The third-order valence-electron chi connectivity index (χ3n) is 6.35. The third kappa shape index (κ3) is 7.58. The molecule has 200 valence electrons. The van der Waals surface area contributed by atoms with Crippen LogP contribution < -0.4 is 14.2 Å². The highest BCUT2D eigenvalue weighted by atomic mass is 16.5.